The van der Waals surface area contributed by atoms with Crippen molar-refractivity contribution in [3.05, 3.63) is 112 Å². The van der Waals surface area contributed by atoms with Gasteiger partial charge in [0.2, 0.25) is 0 Å². The van der Waals surface area contributed by atoms with E-state index in [0.29, 0.717) is 11.4 Å². The van der Waals surface area contributed by atoms with Crippen LogP contribution >= 0.6 is 23.4 Å². The Labute approximate surface area is 259 Å². The van der Waals surface area contributed by atoms with Crippen molar-refractivity contribution in [1.29, 1.82) is 0 Å². The Hall–Kier alpha value is -2.92. The predicted octanol–water partition coefficient (Wildman–Crippen LogP) is 9.63. The second-order valence-electron chi connectivity index (χ2n) is 12.6. The van der Waals surface area contributed by atoms with Crippen LogP contribution in [0.15, 0.2) is 78.9 Å². The Morgan fingerprint density at radius 2 is 1.76 bits per heavy atom. The van der Waals surface area contributed by atoms with Crippen LogP contribution in [0.3, 0.4) is 0 Å². The Morgan fingerprint density at radius 1 is 1.00 bits per heavy atom. The number of Topliss-reactive ketones (excluding diaryl/α,β-unsaturated/α-hetero) is 1. The summed E-state index contributed by atoms with van der Waals surface area (Å²) >= 11 is 8.18. The quantitative estimate of drug-likeness (QED) is 0.177. The number of carbonyl (C=O) groups excluding carboxylic acids is 1. The summed E-state index contributed by atoms with van der Waals surface area (Å²) in [6, 6.07) is 26.9. The van der Waals surface area contributed by atoms with Crippen molar-refractivity contribution >= 4 is 52.2 Å². The van der Waals surface area contributed by atoms with E-state index in [9.17, 15) is 9.90 Å². The first-order valence-electron chi connectivity index (χ1n) is 14.7. The second-order valence-corrected chi connectivity index (χ2v) is 14.6. The van der Waals surface area contributed by atoms with E-state index in [0.717, 1.165) is 59.2 Å². The topological polar surface area (TPSA) is 50.2 Å². The SMILES string of the molecule is CC(=O)CC1(CS[C@](C)(CCc2ccccc2C(C)(C)O)c2cccc(/C=C/c3ccc4ccc(Cl)cc4n3)c2)CC1. The molecule has 0 aliphatic heterocycles. The molecular weight excluding hydrogens is 558 g/mol. The van der Waals surface area contributed by atoms with Crippen molar-refractivity contribution in [3.63, 3.8) is 0 Å². The number of pyridine rings is 1. The molecule has 1 aromatic heterocycles. The van der Waals surface area contributed by atoms with Crippen LogP contribution in [0, 0.1) is 5.41 Å². The van der Waals surface area contributed by atoms with Crippen molar-refractivity contribution in [2.24, 2.45) is 5.41 Å². The lowest BCUT2D eigenvalue weighted by Crippen LogP contribution is -2.24. The molecule has 1 N–H and O–H groups in total. The first-order valence-corrected chi connectivity index (χ1v) is 16.1. The Morgan fingerprint density at radius 3 is 2.50 bits per heavy atom. The van der Waals surface area contributed by atoms with Gasteiger partial charge in [-0.25, -0.2) is 4.98 Å². The fourth-order valence-corrected chi connectivity index (χ4v) is 7.47. The number of thioether (sulfide) groups is 1. The number of aryl methyl sites for hydroxylation is 1. The zero-order chi connectivity index (χ0) is 30.0. The summed E-state index contributed by atoms with van der Waals surface area (Å²) in [6.07, 6.45) is 8.87. The number of ketones is 1. The summed E-state index contributed by atoms with van der Waals surface area (Å²) in [5, 5.41) is 12.6. The largest absolute Gasteiger partial charge is 0.386 e. The highest BCUT2D eigenvalue weighted by Gasteiger charge is 2.45. The minimum atomic E-state index is -0.896. The Bertz CT molecular complexity index is 1620. The van der Waals surface area contributed by atoms with Gasteiger partial charge in [0, 0.05) is 27.3 Å². The first kappa shape index (κ1) is 30.5. The van der Waals surface area contributed by atoms with E-state index in [2.05, 4.69) is 61.5 Å². The van der Waals surface area contributed by atoms with Gasteiger partial charge in [-0.3, -0.25) is 0 Å². The van der Waals surface area contributed by atoms with Crippen LogP contribution in [0.1, 0.15) is 81.3 Å². The summed E-state index contributed by atoms with van der Waals surface area (Å²) in [7, 11) is 0. The molecule has 1 fully saturated rings. The van der Waals surface area contributed by atoms with E-state index in [1.165, 1.54) is 11.1 Å². The maximum atomic E-state index is 12.0. The molecule has 5 heteroatoms. The van der Waals surface area contributed by atoms with Gasteiger partial charge in [-0.2, -0.15) is 11.8 Å². The maximum absolute atomic E-state index is 12.0. The van der Waals surface area contributed by atoms with Crippen LogP contribution in [0.4, 0.5) is 0 Å². The summed E-state index contributed by atoms with van der Waals surface area (Å²) in [6.45, 7) is 7.76. The van der Waals surface area contributed by atoms with Crippen LogP contribution in [0.2, 0.25) is 5.02 Å². The van der Waals surface area contributed by atoms with Gasteiger partial charge in [0.25, 0.3) is 0 Å². The second kappa shape index (κ2) is 12.4. The summed E-state index contributed by atoms with van der Waals surface area (Å²) in [5.74, 6) is 1.26. The zero-order valence-electron chi connectivity index (χ0n) is 25.0. The average molecular weight is 598 g/mol. The molecule has 0 amide bonds. The van der Waals surface area contributed by atoms with Gasteiger partial charge in [0.05, 0.1) is 16.8 Å². The third-order valence-corrected chi connectivity index (χ3v) is 10.5. The Kier molecular flexibility index (Phi) is 8.99. The molecule has 0 unspecified atom stereocenters. The number of nitrogens with zero attached hydrogens (tertiary/aromatic N) is 1. The van der Waals surface area contributed by atoms with Gasteiger partial charge < -0.3 is 9.90 Å². The molecule has 1 atom stereocenters. The molecular formula is C37H40ClNO2S. The highest BCUT2D eigenvalue weighted by atomic mass is 35.5. The van der Waals surface area contributed by atoms with Gasteiger partial charge in [0.15, 0.2) is 0 Å². The molecule has 3 aromatic carbocycles. The number of aliphatic hydroxyl groups is 1. The van der Waals surface area contributed by atoms with E-state index in [-0.39, 0.29) is 15.9 Å². The van der Waals surface area contributed by atoms with E-state index in [4.69, 9.17) is 16.6 Å². The van der Waals surface area contributed by atoms with Crippen molar-refractivity contribution in [2.45, 2.75) is 70.1 Å². The lowest BCUT2D eigenvalue weighted by molar-refractivity contribution is -0.118. The maximum Gasteiger partial charge on any atom is 0.130 e. The van der Waals surface area contributed by atoms with Crippen LogP contribution in [-0.2, 0) is 21.6 Å². The number of hydrogen-bond donors (Lipinski definition) is 1. The van der Waals surface area contributed by atoms with Gasteiger partial charge in [-0.05, 0) is 105 Å². The lowest BCUT2D eigenvalue weighted by atomic mass is 9.87. The van der Waals surface area contributed by atoms with Crippen molar-refractivity contribution < 1.29 is 9.90 Å². The molecule has 1 aliphatic carbocycles. The van der Waals surface area contributed by atoms with Gasteiger partial charge in [-0.1, -0.05) is 78.3 Å². The van der Waals surface area contributed by atoms with Gasteiger partial charge in [0.1, 0.15) is 5.78 Å². The third kappa shape index (κ3) is 7.53. The number of benzene rings is 3. The van der Waals surface area contributed by atoms with E-state index in [1.54, 1.807) is 6.92 Å². The molecule has 1 aliphatic rings. The summed E-state index contributed by atoms with van der Waals surface area (Å²) in [5.41, 5.74) is 5.57. The lowest BCUT2D eigenvalue weighted by Gasteiger charge is -2.33. The average Bonchev–Trinajstić information content (AvgIpc) is 3.72. The fourth-order valence-electron chi connectivity index (χ4n) is 5.75. The van der Waals surface area contributed by atoms with E-state index >= 15 is 0 Å². The highest BCUT2D eigenvalue weighted by molar-refractivity contribution is 8.00. The molecule has 4 aromatic rings. The molecule has 5 rings (SSSR count). The highest BCUT2D eigenvalue weighted by Crippen LogP contribution is 2.55. The molecule has 218 valence electrons. The number of halogens is 1. The molecule has 0 saturated heterocycles. The van der Waals surface area contributed by atoms with E-state index < -0.39 is 5.60 Å². The zero-order valence-corrected chi connectivity index (χ0v) is 26.6. The number of rotatable bonds is 12. The smallest absolute Gasteiger partial charge is 0.130 e. The standard InChI is InChI=1S/C37H40ClNO2S/c1-26(40)24-37(20-21-37)25-42-36(4,19-18-28-9-5-6-11-33(28)35(2,3)41)30-10-7-8-27(22-30)12-16-32-17-14-29-13-15-31(38)23-34(29)39-32/h5-17,22-23,41H,18-21,24-25H2,1-4H3/b16-12+/t36-/m1/s1. The molecule has 42 heavy (non-hydrogen) atoms. The molecule has 0 bridgehead atoms. The number of fused-ring (bicyclic) bond motifs is 1. The number of hydrogen-bond acceptors (Lipinski definition) is 4. The van der Waals surface area contributed by atoms with Crippen LogP contribution in [0.5, 0.6) is 0 Å². The summed E-state index contributed by atoms with van der Waals surface area (Å²) < 4.78 is -0.166. The Balaban J connectivity index is 1.42. The number of carbonyl (C=O) groups is 1. The normalized spacial score (nSPS) is 16.0. The predicted molar refractivity (Wildman–Crippen MR) is 179 cm³/mol. The van der Waals surface area contributed by atoms with Crippen LogP contribution in [-0.4, -0.2) is 21.6 Å². The molecule has 1 saturated carbocycles. The molecule has 3 nitrogen and oxygen atoms in total. The molecule has 0 radical (unpaired) electrons. The third-order valence-electron chi connectivity index (χ3n) is 8.45. The summed E-state index contributed by atoms with van der Waals surface area (Å²) in [4.78, 5) is 16.8. The van der Waals surface area contributed by atoms with Crippen molar-refractivity contribution in [1.82, 2.24) is 4.98 Å². The van der Waals surface area contributed by atoms with Gasteiger partial charge in [-0.15, -0.1) is 0 Å². The monoisotopic (exact) mass is 597 g/mol. The minimum absolute atomic E-state index is 0.144. The first-order chi connectivity index (χ1) is 19.9. The van der Waals surface area contributed by atoms with Crippen LogP contribution < -0.4 is 0 Å². The minimum Gasteiger partial charge on any atom is -0.386 e. The van der Waals surface area contributed by atoms with Crippen molar-refractivity contribution in [3.8, 4) is 0 Å². The van der Waals surface area contributed by atoms with E-state index in [1.807, 2.05) is 62.0 Å². The van der Waals surface area contributed by atoms with Crippen molar-refractivity contribution in [2.75, 3.05) is 5.75 Å². The molecule has 0 spiro atoms. The fraction of sp³-hybridized carbons (Fsp3) is 0.351. The molecule has 1 heterocycles. The van der Waals surface area contributed by atoms with Gasteiger partial charge >= 0.3 is 0 Å². The van der Waals surface area contributed by atoms with Crippen LogP contribution in [0.25, 0.3) is 23.1 Å². The number of aromatic nitrogens is 1.